The number of carbonyl (C=O) groups is 1. The van der Waals surface area contributed by atoms with Crippen LogP contribution in [0.4, 0.5) is 0 Å². The van der Waals surface area contributed by atoms with Crippen LogP contribution in [0.1, 0.15) is 33.5 Å². The van der Waals surface area contributed by atoms with Gasteiger partial charge in [-0.05, 0) is 30.2 Å². The molecule has 0 aliphatic carbocycles. The van der Waals surface area contributed by atoms with Gasteiger partial charge in [-0.25, -0.2) is 0 Å². The fourth-order valence-electron chi connectivity index (χ4n) is 1.71. The Hall–Kier alpha value is -1.67. The molecule has 1 aromatic heterocycles. The van der Waals surface area contributed by atoms with Crippen LogP contribution in [0, 0.1) is 0 Å². The molecule has 0 atom stereocenters. The predicted octanol–water partition coefficient (Wildman–Crippen LogP) is 4.49. The maximum atomic E-state index is 11.8. The van der Waals surface area contributed by atoms with Gasteiger partial charge in [0.1, 0.15) is 0 Å². The van der Waals surface area contributed by atoms with E-state index in [2.05, 4.69) is 12.1 Å². The summed E-state index contributed by atoms with van der Waals surface area (Å²) in [5.41, 5.74) is 1.28. The van der Waals surface area contributed by atoms with Crippen LogP contribution >= 0.6 is 11.3 Å². The summed E-state index contributed by atoms with van der Waals surface area (Å²) in [7, 11) is 0. The number of benzene rings is 1. The fraction of sp³-hybridized carbons (Fsp3) is 0.188. The molecule has 0 aliphatic heterocycles. The Morgan fingerprint density at radius 1 is 1.17 bits per heavy atom. The van der Waals surface area contributed by atoms with Crippen LogP contribution in [-0.4, -0.2) is 5.78 Å². The van der Waals surface area contributed by atoms with Gasteiger partial charge in [0.05, 0.1) is 4.88 Å². The molecular weight excluding hydrogens is 240 g/mol. The molecule has 2 rings (SSSR count). The lowest BCUT2D eigenvalue weighted by molar-refractivity contribution is 0.105. The molecule has 0 aliphatic rings. The predicted molar refractivity (Wildman–Crippen MR) is 77.3 cm³/mol. The highest BCUT2D eigenvalue weighted by atomic mass is 32.1. The Kier molecular flexibility index (Phi) is 4.48. The molecule has 2 heteroatoms. The summed E-state index contributed by atoms with van der Waals surface area (Å²) in [6.45, 7) is 2.03. The molecule has 0 amide bonds. The first-order chi connectivity index (χ1) is 8.79. The number of rotatable bonds is 5. The number of ketones is 1. The minimum atomic E-state index is 0.112. The smallest absolute Gasteiger partial charge is 0.195 e. The fourth-order valence-corrected chi connectivity index (χ4v) is 2.67. The third-order valence-electron chi connectivity index (χ3n) is 2.63. The highest BCUT2D eigenvalue weighted by Crippen LogP contribution is 2.20. The second kappa shape index (κ2) is 6.31. The molecule has 18 heavy (non-hydrogen) atoms. The van der Waals surface area contributed by atoms with Gasteiger partial charge in [0.2, 0.25) is 0 Å². The van der Waals surface area contributed by atoms with Crippen LogP contribution in [0.2, 0.25) is 0 Å². The van der Waals surface area contributed by atoms with Crippen molar-refractivity contribution in [1.82, 2.24) is 0 Å². The van der Waals surface area contributed by atoms with E-state index in [0.29, 0.717) is 0 Å². The summed E-state index contributed by atoms with van der Waals surface area (Å²) >= 11 is 1.59. The number of thiophene rings is 1. The molecule has 0 radical (unpaired) electrons. The SMILES string of the molecule is CC/C=C/C(=O)c1ccc(Cc2ccccc2)s1. The number of hydrogen-bond acceptors (Lipinski definition) is 2. The minimum Gasteiger partial charge on any atom is -0.288 e. The lowest BCUT2D eigenvalue weighted by Crippen LogP contribution is -1.88. The van der Waals surface area contributed by atoms with Gasteiger partial charge in [-0.2, -0.15) is 0 Å². The number of hydrogen-bond donors (Lipinski definition) is 0. The Bertz CT molecular complexity index is 537. The van der Waals surface area contributed by atoms with Gasteiger partial charge in [0, 0.05) is 11.3 Å². The van der Waals surface area contributed by atoms with E-state index in [1.54, 1.807) is 17.4 Å². The van der Waals surface area contributed by atoms with Crippen molar-refractivity contribution in [2.24, 2.45) is 0 Å². The van der Waals surface area contributed by atoms with Crippen molar-refractivity contribution in [3.05, 3.63) is 69.9 Å². The quantitative estimate of drug-likeness (QED) is 0.569. The molecule has 0 bridgehead atoms. The molecule has 0 spiro atoms. The molecule has 0 unspecified atom stereocenters. The zero-order valence-electron chi connectivity index (χ0n) is 10.4. The minimum absolute atomic E-state index is 0.112. The van der Waals surface area contributed by atoms with Crippen LogP contribution < -0.4 is 0 Å². The molecule has 0 saturated carbocycles. The average Bonchev–Trinajstić information content (AvgIpc) is 2.86. The van der Waals surface area contributed by atoms with Crippen molar-refractivity contribution in [3.8, 4) is 0 Å². The van der Waals surface area contributed by atoms with Gasteiger partial charge >= 0.3 is 0 Å². The monoisotopic (exact) mass is 256 g/mol. The van der Waals surface area contributed by atoms with Crippen molar-refractivity contribution >= 4 is 17.1 Å². The Morgan fingerprint density at radius 2 is 1.94 bits per heavy atom. The van der Waals surface area contributed by atoms with Crippen molar-refractivity contribution in [1.29, 1.82) is 0 Å². The number of allylic oxidation sites excluding steroid dienone is 2. The van der Waals surface area contributed by atoms with E-state index < -0.39 is 0 Å². The van der Waals surface area contributed by atoms with Crippen LogP contribution in [0.3, 0.4) is 0 Å². The van der Waals surface area contributed by atoms with Crippen LogP contribution in [0.5, 0.6) is 0 Å². The first-order valence-electron chi connectivity index (χ1n) is 6.13. The Morgan fingerprint density at radius 3 is 2.67 bits per heavy atom. The van der Waals surface area contributed by atoms with E-state index in [4.69, 9.17) is 0 Å². The third-order valence-corrected chi connectivity index (χ3v) is 3.73. The summed E-state index contributed by atoms with van der Waals surface area (Å²) < 4.78 is 0. The van der Waals surface area contributed by atoms with Crippen molar-refractivity contribution in [3.63, 3.8) is 0 Å². The molecule has 92 valence electrons. The summed E-state index contributed by atoms with van der Waals surface area (Å²) in [5, 5.41) is 0. The van der Waals surface area contributed by atoms with E-state index >= 15 is 0 Å². The molecule has 1 nitrogen and oxygen atoms in total. The van der Waals surface area contributed by atoms with Gasteiger partial charge in [0.15, 0.2) is 5.78 Å². The van der Waals surface area contributed by atoms with E-state index in [-0.39, 0.29) is 5.78 Å². The summed E-state index contributed by atoms with van der Waals surface area (Å²) in [4.78, 5) is 13.8. The zero-order chi connectivity index (χ0) is 12.8. The van der Waals surface area contributed by atoms with Crippen LogP contribution in [0.15, 0.2) is 54.6 Å². The van der Waals surface area contributed by atoms with E-state index in [9.17, 15) is 4.79 Å². The summed E-state index contributed by atoms with van der Waals surface area (Å²) in [5.74, 6) is 0.112. The summed E-state index contributed by atoms with van der Waals surface area (Å²) in [6, 6.07) is 14.3. The van der Waals surface area contributed by atoms with Crippen molar-refractivity contribution in [2.45, 2.75) is 19.8 Å². The van der Waals surface area contributed by atoms with E-state index in [0.717, 1.165) is 17.7 Å². The largest absolute Gasteiger partial charge is 0.288 e. The van der Waals surface area contributed by atoms with Crippen molar-refractivity contribution in [2.75, 3.05) is 0 Å². The van der Waals surface area contributed by atoms with Crippen LogP contribution in [0.25, 0.3) is 0 Å². The van der Waals surface area contributed by atoms with Crippen molar-refractivity contribution < 1.29 is 4.79 Å². The average molecular weight is 256 g/mol. The normalized spacial score (nSPS) is 10.9. The standard InChI is InChI=1S/C16H16OS/c1-2-3-9-15(17)16-11-10-14(18-16)12-13-7-5-4-6-8-13/h3-11H,2,12H2,1H3/b9-3+. The lowest BCUT2D eigenvalue weighted by Gasteiger charge is -1.96. The van der Waals surface area contributed by atoms with Gasteiger partial charge in [-0.15, -0.1) is 11.3 Å². The molecular formula is C16H16OS. The van der Waals surface area contributed by atoms with Gasteiger partial charge in [-0.3, -0.25) is 4.79 Å². The Labute approximate surface area is 112 Å². The van der Waals surface area contributed by atoms with Gasteiger partial charge in [0.25, 0.3) is 0 Å². The van der Waals surface area contributed by atoms with E-state index in [1.807, 2.05) is 43.3 Å². The highest BCUT2D eigenvalue weighted by molar-refractivity contribution is 7.14. The first kappa shape index (κ1) is 12.8. The molecule has 0 N–H and O–H groups in total. The molecule has 0 fully saturated rings. The van der Waals surface area contributed by atoms with E-state index in [1.165, 1.54) is 10.4 Å². The second-order valence-corrected chi connectivity index (χ2v) is 5.27. The van der Waals surface area contributed by atoms with Gasteiger partial charge in [-0.1, -0.05) is 43.3 Å². The maximum Gasteiger partial charge on any atom is 0.195 e. The molecule has 0 saturated heterocycles. The molecule has 2 aromatic rings. The number of carbonyl (C=O) groups excluding carboxylic acids is 1. The highest BCUT2D eigenvalue weighted by Gasteiger charge is 2.06. The summed E-state index contributed by atoms with van der Waals surface area (Å²) in [6.07, 6.45) is 5.36. The Balaban J connectivity index is 2.07. The van der Waals surface area contributed by atoms with Gasteiger partial charge < -0.3 is 0 Å². The zero-order valence-corrected chi connectivity index (χ0v) is 11.2. The topological polar surface area (TPSA) is 17.1 Å². The third kappa shape index (κ3) is 3.41. The van der Waals surface area contributed by atoms with Crippen LogP contribution in [-0.2, 0) is 6.42 Å². The maximum absolute atomic E-state index is 11.8. The lowest BCUT2D eigenvalue weighted by atomic mass is 10.1. The molecule has 1 heterocycles. The first-order valence-corrected chi connectivity index (χ1v) is 6.94. The molecule has 1 aromatic carbocycles. The second-order valence-electron chi connectivity index (χ2n) is 4.10.